The highest BCUT2D eigenvalue weighted by molar-refractivity contribution is 7.99. The summed E-state index contributed by atoms with van der Waals surface area (Å²) in [5, 5.41) is 12.2. The molecule has 1 atom stereocenters. The van der Waals surface area contributed by atoms with Gasteiger partial charge in [-0.15, -0.1) is 23.1 Å². The van der Waals surface area contributed by atoms with E-state index in [0.29, 0.717) is 16.8 Å². The predicted octanol–water partition coefficient (Wildman–Crippen LogP) is 1.75. The van der Waals surface area contributed by atoms with E-state index in [9.17, 15) is 9.59 Å². The minimum Gasteiger partial charge on any atom is -0.480 e. The fourth-order valence-electron chi connectivity index (χ4n) is 1.54. The van der Waals surface area contributed by atoms with Crippen molar-refractivity contribution in [2.45, 2.75) is 19.9 Å². The Bertz CT molecular complexity index is 469. The second-order valence-electron chi connectivity index (χ2n) is 3.91. The van der Waals surface area contributed by atoms with E-state index in [-0.39, 0.29) is 0 Å². The first-order chi connectivity index (χ1) is 8.49. The summed E-state index contributed by atoms with van der Waals surface area (Å²) < 4.78 is 0. The van der Waals surface area contributed by atoms with Gasteiger partial charge in [-0.25, -0.2) is 14.6 Å². The number of carbonyl (C=O) groups excluding carboxylic acids is 1. The fraction of sp³-hybridized carbons (Fsp3) is 0.500. The number of thiazole rings is 1. The molecule has 0 aliphatic carbocycles. The smallest absolute Gasteiger partial charge is 0.327 e. The monoisotopic (exact) mass is 287 g/mol. The molecule has 2 heterocycles. The largest absolute Gasteiger partial charge is 0.480 e. The molecular formula is C10H13N3O3S2. The Hall–Kier alpha value is -1.28. The lowest BCUT2D eigenvalue weighted by molar-refractivity contribution is -0.140. The summed E-state index contributed by atoms with van der Waals surface area (Å²) in [6.07, 6.45) is 0. The van der Waals surface area contributed by atoms with Crippen molar-refractivity contribution >= 4 is 40.2 Å². The van der Waals surface area contributed by atoms with Gasteiger partial charge in [-0.05, 0) is 13.8 Å². The Morgan fingerprint density at radius 2 is 2.22 bits per heavy atom. The number of aliphatic carboxylic acids is 1. The van der Waals surface area contributed by atoms with Crippen LogP contribution in [0.1, 0.15) is 10.6 Å². The maximum Gasteiger partial charge on any atom is 0.327 e. The van der Waals surface area contributed by atoms with Gasteiger partial charge in [-0.3, -0.25) is 5.32 Å². The van der Waals surface area contributed by atoms with E-state index in [1.54, 1.807) is 0 Å². The third kappa shape index (κ3) is 2.59. The maximum absolute atomic E-state index is 12.0. The number of carboxylic acids is 1. The molecule has 8 heteroatoms. The van der Waals surface area contributed by atoms with Crippen LogP contribution in [-0.4, -0.2) is 44.7 Å². The van der Waals surface area contributed by atoms with E-state index < -0.39 is 18.0 Å². The lowest BCUT2D eigenvalue weighted by atomic mass is 10.3. The van der Waals surface area contributed by atoms with Crippen LogP contribution >= 0.6 is 23.1 Å². The summed E-state index contributed by atoms with van der Waals surface area (Å²) in [6.45, 7) is 3.79. The zero-order chi connectivity index (χ0) is 13.3. The molecule has 0 bridgehead atoms. The summed E-state index contributed by atoms with van der Waals surface area (Å²) in [5.74, 6) is -0.146. The van der Waals surface area contributed by atoms with E-state index in [2.05, 4.69) is 10.3 Å². The molecule has 1 aromatic heterocycles. The molecule has 98 valence electrons. The van der Waals surface area contributed by atoms with Crippen LogP contribution in [0.5, 0.6) is 0 Å². The minimum atomic E-state index is -0.971. The van der Waals surface area contributed by atoms with Crippen molar-refractivity contribution in [3.05, 3.63) is 10.6 Å². The Kier molecular flexibility index (Phi) is 3.76. The first kappa shape index (κ1) is 13.2. The third-order valence-electron chi connectivity index (χ3n) is 2.67. The molecular weight excluding hydrogens is 274 g/mol. The number of aryl methyl sites for hydroxylation is 2. The van der Waals surface area contributed by atoms with Crippen LogP contribution in [0.25, 0.3) is 0 Å². The first-order valence-electron chi connectivity index (χ1n) is 5.31. The van der Waals surface area contributed by atoms with E-state index in [1.165, 1.54) is 28.0 Å². The molecule has 1 aliphatic rings. The molecule has 2 N–H and O–H groups in total. The standard InChI is InChI=1S/C10H13N3O3S2/c1-5-6(2)18-9(11-5)12-10(16)13-4-17-3-7(13)8(14)15/h7H,3-4H2,1-2H3,(H,14,15)(H,11,12,16). The normalized spacial score (nSPS) is 19.0. The average molecular weight is 287 g/mol. The van der Waals surface area contributed by atoms with Gasteiger partial charge in [0.25, 0.3) is 0 Å². The lowest BCUT2D eigenvalue weighted by Crippen LogP contribution is -2.43. The maximum atomic E-state index is 12.0. The van der Waals surface area contributed by atoms with Gasteiger partial charge in [0.05, 0.1) is 11.6 Å². The number of nitrogens with zero attached hydrogens (tertiary/aromatic N) is 2. The Balaban J connectivity index is 2.05. The van der Waals surface area contributed by atoms with Gasteiger partial charge in [0, 0.05) is 10.6 Å². The number of hydrogen-bond donors (Lipinski definition) is 2. The van der Waals surface area contributed by atoms with Crippen LogP contribution < -0.4 is 5.32 Å². The van der Waals surface area contributed by atoms with E-state index >= 15 is 0 Å². The number of carbonyl (C=O) groups is 2. The third-order valence-corrected chi connectivity index (χ3v) is 4.67. The second-order valence-corrected chi connectivity index (χ2v) is 6.12. The summed E-state index contributed by atoms with van der Waals surface area (Å²) >= 11 is 2.82. The molecule has 0 radical (unpaired) electrons. The summed E-state index contributed by atoms with van der Waals surface area (Å²) in [4.78, 5) is 29.5. The highest BCUT2D eigenvalue weighted by Crippen LogP contribution is 2.25. The molecule has 0 aromatic carbocycles. The van der Waals surface area contributed by atoms with Crippen LogP contribution in [-0.2, 0) is 4.79 Å². The number of nitrogens with one attached hydrogen (secondary N) is 1. The average Bonchev–Trinajstić information content (AvgIpc) is 2.86. The van der Waals surface area contributed by atoms with Crippen molar-refractivity contribution in [1.29, 1.82) is 0 Å². The zero-order valence-electron chi connectivity index (χ0n) is 9.97. The molecule has 1 saturated heterocycles. The summed E-state index contributed by atoms with van der Waals surface area (Å²) in [7, 11) is 0. The number of carboxylic acid groups (broad SMARTS) is 1. The minimum absolute atomic E-state index is 0.395. The van der Waals surface area contributed by atoms with Crippen LogP contribution in [0, 0.1) is 13.8 Å². The Labute approximate surface area is 112 Å². The quantitative estimate of drug-likeness (QED) is 0.866. The highest BCUT2D eigenvalue weighted by Gasteiger charge is 2.34. The van der Waals surface area contributed by atoms with Gasteiger partial charge < -0.3 is 10.0 Å². The van der Waals surface area contributed by atoms with Gasteiger partial charge in [0.15, 0.2) is 5.13 Å². The first-order valence-corrected chi connectivity index (χ1v) is 7.28. The van der Waals surface area contributed by atoms with E-state index in [1.807, 2.05) is 13.8 Å². The van der Waals surface area contributed by atoms with Gasteiger partial charge in [-0.2, -0.15) is 0 Å². The van der Waals surface area contributed by atoms with E-state index in [0.717, 1.165) is 10.6 Å². The lowest BCUT2D eigenvalue weighted by Gasteiger charge is -2.19. The molecule has 2 amide bonds. The Morgan fingerprint density at radius 3 is 2.78 bits per heavy atom. The number of aromatic nitrogens is 1. The number of hydrogen-bond acceptors (Lipinski definition) is 5. The van der Waals surface area contributed by atoms with Crippen molar-refractivity contribution in [2.75, 3.05) is 16.9 Å². The highest BCUT2D eigenvalue weighted by atomic mass is 32.2. The van der Waals surface area contributed by atoms with Gasteiger partial charge >= 0.3 is 12.0 Å². The number of amides is 2. The van der Waals surface area contributed by atoms with Gasteiger partial charge in [0.2, 0.25) is 0 Å². The number of anilines is 1. The van der Waals surface area contributed by atoms with Crippen LogP contribution in [0.3, 0.4) is 0 Å². The summed E-state index contributed by atoms with van der Waals surface area (Å²) in [5.41, 5.74) is 0.876. The van der Waals surface area contributed by atoms with Crippen molar-refractivity contribution in [3.8, 4) is 0 Å². The van der Waals surface area contributed by atoms with Gasteiger partial charge in [-0.1, -0.05) is 0 Å². The predicted molar refractivity (Wildman–Crippen MR) is 71.2 cm³/mol. The SMILES string of the molecule is Cc1nc(NC(=O)N2CSCC2C(=O)O)sc1C. The van der Waals surface area contributed by atoms with Crippen molar-refractivity contribution in [2.24, 2.45) is 0 Å². The van der Waals surface area contributed by atoms with Gasteiger partial charge in [0.1, 0.15) is 6.04 Å². The molecule has 1 aromatic rings. The number of rotatable bonds is 2. The molecule has 1 fully saturated rings. The van der Waals surface area contributed by atoms with Crippen molar-refractivity contribution in [3.63, 3.8) is 0 Å². The topological polar surface area (TPSA) is 82.5 Å². The number of urea groups is 1. The molecule has 1 aliphatic heterocycles. The number of thioether (sulfide) groups is 1. The van der Waals surface area contributed by atoms with Crippen molar-refractivity contribution < 1.29 is 14.7 Å². The molecule has 1 unspecified atom stereocenters. The van der Waals surface area contributed by atoms with Crippen LogP contribution in [0.4, 0.5) is 9.93 Å². The van der Waals surface area contributed by atoms with Crippen LogP contribution in [0.2, 0.25) is 0 Å². The molecule has 0 saturated carbocycles. The molecule has 2 rings (SSSR count). The van der Waals surface area contributed by atoms with Crippen molar-refractivity contribution in [1.82, 2.24) is 9.88 Å². The molecule has 0 spiro atoms. The summed E-state index contributed by atoms with van der Waals surface area (Å²) in [6, 6.07) is -1.15. The fourth-order valence-corrected chi connectivity index (χ4v) is 3.49. The second kappa shape index (κ2) is 5.15. The molecule has 6 nitrogen and oxygen atoms in total. The zero-order valence-corrected chi connectivity index (χ0v) is 11.6. The molecule has 18 heavy (non-hydrogen) atoms. The Morgan fingerprint density at radius 1 is 1.50 bits per heavy atom. The van der Waals surface area contributed by atoms with E-state index in [4.69, 9.17) is 5.11 Å². The van der Waals surface area contributed by atoms with Crippen LogP contribution in [0.15, 0.2) is 0 Å².